The molecule has 1 aliphatic carbocycles. The molecule has 1 N–H and O–H groups in total. The Morgan fingerprint density at radius 2 is 2.27 bits per heavy atom. The molecule has 3 heteroatoms. The Morgan fingerprint density at radius 3 is 2.93 bits per heavy atom. The zero-order chi connectivity index (χ0) is 10.7. The lowest BCUT2D eigenvalue weighted by atomic mass is 10.2. The summed E-state index contributed by atoms with van der Waals surface area (Å²) in [5.74, 6) is 0.703. The third kappa shape index (κ3) is 3.20. The van der Waals surface area contributed by atoms with Gasteiger partial charge in [-0.2, -0.15) is 0 Å². The van der Waals surface area contributed by atoms with E-state index in [0.717, 1.165) is 12.8 Å². The monoisotopic (exact) mass is 210 g/mol. The molecule has 1 atom stereocenters. The van der Waals surface area contributed by atoms with E-state index in [1.165, 1.54) is 12.1 Å². The van der Waals surface area contributed by atoms with Crippen molar-refractivity contribution in [2.24, 2.45) is 5.92 Å². The molecule has 1 aliphatic rings. The third-order valence-electron chi connectivity index (χ3n) is 2.64. The molecule has 0 aromatic heterocycles. The van der Waals surface area contributed by atoms with Crippen molar-refractivity contribution in [2.45, 2.75) is 25.4 Å². The van der Waals surface area contributed by atoms with Crippen molar-refractivity contribution in [3.63, 3.8) is 0 Å². The molecule has 1 aromatic rings. The Kier molecular flexibility index (Phi) is 3.21. The van der Waals surface area contributed by atoms with E-state index in [1.807, 2.05) is 0 Å². The molecule has 0 saturated heterocycles. The van der Waals surface area contributed by atoms with Gasteiger partial charge >= 0.3 is 0 Å². The Balaban J connectivity index is 1.73. The number of ether oxygens (including phenoxy) is 1. The second-order valence-corrected chi connectivity index (χ2v) is 4.00. The van der Waals surface area contributed by atoms with Crippen LogP contribution in [0, 0.1) is 11.7 Å². The Morgan fingerprint density at radius 1 is 1.47 bits per heavy atom. The maximum Gasteiger partial charge on any atom is 0.126 e. The molecule has 15 heavy (non-hydrogen) atoms. The van der Waals surface area contributed by atoms with Gasteiger partial charge in [-0.25, -0.2) is 4.39 Å². The number of benzene rings is 1. The molecule has 0 heterocycles. The molecule has 1 aromatic carbocycles. The van der Waals surface area contributed by atoms with Gasteiger partial charge in [-0.15, -0.1) is 0 Å². The summed E-state index contributed by atoms with van der Waals surface area (Å²) >= 11 is 0. The van der Waals surface area contributed by atoms with E-state index in [2.05, 4.69) is 0 Å². The number of hydrogen-bond donors (Lipinski definition) is 1. The van der Waals surface area contributed by atoms with Crippen LogP contribution in [0.15, 0.2) is 24.3 Å². The Labute approximate surface area is 88.7 Å². The van der Waals surface area contributed by atoms with Crippen molar-refractivity contribution in [1.82, 2.24) is 0 Å². The van der Waals surface area contributed by atoms with Gasteiger partial charge in [-0.05, 0) is 30.9 Å². The van der Waals surface area contributed by atoms with E-state index >= 15 is 0 Å². The molecule has 1 saturated carbocycles. The van der Waals surface area contributed by atoms with E-state index in [0.29, 0.717) is 24.7 Å². The van der Waals surface area contributed by atoms with Crippen molar-refractivity contribution in [3.05, 3.63) is 30.1 Å². The zero-order valence-corrected chi connectivity index (χ0v) is 8.53. The highest BCUT2D eigenvalue weighted by Crippen LogP contribution is 2.33. The Hall–Kier alpha value is -1.09. The lowest BCUT2D eigenvalue weighted by molar-refractivity contribution is 0.119. The van der Waals surface area contributed by atoms with Crippen LogP contribution in [-0.2, 0) is 0 Å². The van der Waals surface area contributed by atoms with Crippen molar-refractivity contribution in [1.29, 1.82) is 0 Å². The number of rotatable bonds is 5. The predicted octanol–water partition coefficient (Wildman–Crippen LogP) is 2.37. The normalized spacial score (nSPS) is 17.5. The summed E-state index contributed by atoms with van der Waals surface area (Å²) in [4.78, 5) is 0. The topological polar surface area (TPSA) is 29.5 Å². The van der Waals surface area contributed by atoms with Gasteiger partial charge < -0.3 is 9.84 Å². The summed E-state index contributed by atoms with van der Waals surface area (Å²) in [7, 11) is 0. The van der Waals surface area contributed by atoms with E-state index in [1.54, 1.807) is 12.1 Å². The predicted molar refractivity (Wildman–Crippen MR) is 55.2 cm³/mol. The quantitative estimate of drug-likeness (QED) is 0.808. The summed E-state index contributed by atoms with van der Waals surface area (Å²) in [5.41, 5.74) is 0. The lowest BCUT2D eigenvalue weighted by Gasteiger charge is -2.10. The summed E-state index contributed by atoms with van der Waals surface area (Å²) in [5, 5.41) is 9.57. The molecular weight excluding hydrogens is 195 g/mol. The van der Waals surface area contributed by atoms with Crippen LogP contribution in [0.4, 0.5) is 4.39 Å². The molecule has 0 radical (unpaired) electrons. The minimum atomic E-state index is -0.296. The smallest absolute Gasteiger partial charge is 0.126 e. The van der Waals surface area contributed by atoms with Crippen LogP contribution in [0.5, 0.6) is 5.75 Å². The number of halogens is 1. The molecule has 0 spiro atoms. The number of aliphatic hydroxyl groups is 1. The van der Waals surface area contributed by atoms with Gasteiger partial charge in [-0.3, -0.25) is 0 Å². The van der Waals surface area contributed by atoms with Crippen LogP contribution in [0.1, 0.15) is 19.3 Å². The standard InChI is InChI=1S/C12H15FO2/c13-10-2-1-3-11(8-10)15-7-6-12(14)9-4-5-9/h1-3,8-9,12,14H,4-7H2. The first-order valence-corrected chi connectivity index (χ1v) is 5.32. The van der Waals surface area contributed by atoms with E-state index in [9.17, 15) is 9.50 Å². The average molecular weight is 210 g/mol. The summed E-state index contributed by atoms with van der Waals surface area (Å²) < 4.78 is 18.1. The maximum atomic E-state index is 12.8. The molecule has 2 rings (SSSR count). The Bertz CT molecular complexity index is 323. The molecule has 0 bridgehead atoms. The fourth-order valence-electron chi connectivity index (χ4n) is 1.57. The van der Waals surface area contributed by atoms with Crippen LogP contribution < -0.4 is 4.74 Å². The van der Waals surface area contributed by atoms with Gasteiger partial charge in [-0.1, -0.05) is 6.07 Å². The summed E-state index contributed by atoms with van der Waals surface area (Å²) in [6, 6.07) is 6.06. The van der Waals surface area contributed by atoms with E-state index < -0.39 is 0 Å². The zero-order valence-electron chi connectivity index (χ0n) is 8.53. The highest BCUT2D eigenvalue weighted by molar-refractivity contribution is 5.22. The van der Waals surface area contributed by atoms with Crippen LogP contribution >= 0.6 is 0 Å². The fourth-order valence-corrected chi connectivity index (χ4v) is 1.57. The lowest BCUT2D eigenvalue weighted by Crippen LogP contribution is -2.13. The molecule has 1 fully saturated rings. The first-order chi connectivity index (χ1) is 7.25. The first kappa shape index (κ1) is 10.4. The second-order valence-electron chi connectivity index (χ2n) is 4.00. The van der Waals surface area contributed by atoms with Crippen LogP contribution in [-0.4, -0.2) is 17.8 Å². The fraction of sp³-hybridized carbons (Fsp3) is 0.500. The molecule has 2 nitrogen and oxygen atoms in total. The van der Waals surface area contributed by atoms with Gasteiger partial charge in [0, 0.05) is 12.5 Å². The van der Waals surface area contributed by atoms with Crippen LogP contribution in [0.25, 0.3) is 0 Å². The van der Waals surface area contributed by atoms with Gasteiger partial charge in [0.05, 0.1) is 12.7 Å². The van der Waals surface area contributed by atoms with Crippen LogP contribution in [0.2, 0.25) is 0 Å². The van der Waals surface area contributed by atoms with Crippen molar-refractivity contribution in [3.8, 4) is 5.75 Å². The van der Waals surface area contributed by atoms with Crippen molar-refractivity contribution >= 4 is 0 Å². The average Bonchev–Trinajstić information content (AvgIpc) is 3.00. The summed E-state index contributed by atoms with van der Waals surface area (Å²) in [6.07, 6.45) is 2.63. The van der Waals surface area contributed by atoms with E-state index in [4.69, 9.17) is 4.74 Å². The second kappa shape index (κ2) is 4.62. The molecule has 0 amide bonds. The highest BCUT2D eigenvalue weighted by atomic mass is 19.1. The van der Waals surface area contributed by atoms with Crippen molar-refractivity contribution < 1.29 is 14.2 Å². The first-order valence-electron chi connectivity index (χ1n) is 5.32. The highest BCUT2D eigenvalue weighted by Gasteiger charge is 2.29. The van der Waals surface area contributed by atoms with Gasteiger partial charge in [0.1, 0.15) is 11.6 Å². The van der Waals surface area contributed by atoms with E-state index in [-0.39, 0.29) is 11.9 Å². The molecule has 0 aliphatic heterocycles. The molecule has 82 valence electrons. The minimum absolute atomic E-state index is 0.251. The maximum absolute atomic E-state index is 12.8. The summed E-state index contributed by atoms with van der Waals surface area (Å²) in [6.45, 7) is 0.446. The van der Waals surface area contributed by atoms with Gasteiger partial charge in [0.25, 0.3) is 0 Å². The molecule has 1 unspecified atom stereocenters. The molecular formula is C12H15FO2. The largest absolute Gasteiger partial charge is 0.493 e. The third-order valence-corrected chi connectivity index (χ3v) is 2.64. The van der Waals surface area contributed by atoms with Gasteiger partial charge in [0.2, 0.25) is 0 Å². The van der Waals surface area contributed by atoms with Crippen molar-refractivity contribution in [2.75, 3.05) is 6.61 Å². The van der Waals surface area contributed by atoms with Gasteiger partial charge in [0.15, 0.2) is 0 Å². The minimum Gasteiger partial charge on any atom is -0.493 e. The SMILES string of the molecule is OC(CCOc1cccc(F)c1)C1CC1. The number of hydrogen-bond acceptors (Lipinski definition) is 2. The number of aliphatic hydroxyl groups excluding tert-OH is 1. The van der Waals surface area contributed by atoms with Crippen LogP contribution in [0.3, 0.4) is 0 Å².